The summed E-state index contributed by atoms with van der Waals surface area (Å²) >= 11 is 5.01. The van der Waals surface area contributed by atoms with Gasteiger partial charge in [0, 0.05) is 28.1 Å². The van der Waals surface area contributed by atoms with Crippen LogP contribution in [0.25, 0.3) is 10.6 Å². The third-order valence-electron chi connectivity index (χ3n) is 3.09. The van der Waals surface area contributed by atoms with Crippen molar-refractivity contribution in [3.05, 3.63) is 27.9 Å². The highest BCUT2D eigenvalue weighted by atomic mass is 32.2. The van der Waals surface area contributed by atoms with Crippen molar-refractivity contribution in [3.8, 4) is 10.6 Å². The van der Waals surface area contributed by atoms with Gasteiger partial charge in [-0.25, -0.2) is 4.98 Å². The van der Waals surface area contributed by atoms with Crippen LogP contribution in [-0.2, 0) is 10.5 Å². The first-order valence-electron chi connectivity index (χ1n) is 6.61. The molecule has 2 aromatic heterocycles. The van der Waals surface area contributed by atoms with Gasteiger partial charge in [-0.05, 0) is 31.2 Å². The maximum Gasteiger partial charge on any atom is 0.233 e. The van der Waals surface area contributed by atoms with Crippen LogP contribution < -0.4 is 5.32 Å². The smallest absolute Gasteiger partial charge is 0.233 e. The van der Waals surface area contributed by atoms with Crippen LogP contribution in [-0.4, -0.2) is 22.2 Å². The first-order chi connectivity index (χ1) is 9.72. The lowest BCUT2D eigenvalue weighted by Crippen LogP contribution is -2.32. The van der Waals surface area contributed by atoms with Gasteiger partial charge < -0.3 is 5.32 Å². The summed E-state index contributed by atoms with van der Waals surface area (Å²) in [5.41, 5.74) is 2.25. The average molecular weight is 324 g/mol. The quantitative estimate of drug-likeness (QED) is 0.879. The number of thiophene rings is 1. The van der Waals surface area contributed by atoms with Crippen molar-refractivity contribution >= 4 is 40.3 Å². The number of thiazole rings is 1. The third-order valence-corrected chi connectivity index (χ3v) is 5.89. The fourth-order valence-corrected chi connectivity index (χ4v) is 4.15. The summed E-state index contributed by atoms with van der Waals surface area (Å²) in [6.45, 7) is 1.97. The van der Waals surface area contributed by atoms with E-state index in [2.05, 4.69) is 32.5 Å². The van der Waals surface area contributed by atoms with Gasteiger partial charge in [-0.1, -0.05) is 0 Å². The molecule has 1 saturated carbocycles. The van der Waals surface area contributed by atoms with Crippen molar-refractivity contribution in [2.24, 2.45) is 0 Å². The third kappa shape index (κ3) is 3.62. The minimum Gasteiger partial charge on any atom is -0.352 e. The van der Waals surface area contributed by atoms with E-state index in [4.69, 9.17) is 0 Å². The lowest BCUT2D eigenvalue weighted by molar-refractivity contribution is -0.120. The van der Waals surface area contributed by atoms with Crippen molar-refractivity contribution in [2.45, 2.75) is 36.8 Å². The van der Waals surface area contributed by atoms with Crippen molar-refractivity contribution in [1.82, 2.24) is 10.3 Å². The molecule has 0 radical (unpaired) electrons. The number of nitrogens with one attached hydrogen (secondary N) is 1. The number of hydrogen-bond acceptors (Lipinski definition) is 5. The number of carbonyl (C=O) groups is 1. The Morgan fingerprint density at radius 3 is 3.10 bits per heavy atom. The Labute approximate surface area is 130 Å². The molecule has 0 aromatic carbocycles. The highest BCUT2D eigenvalue weighted by Crippen LogP contribution is 2.28. The average Bonchev–Trinajstić information content (AvgIpc) is 2.97. The standard InChI is InChI=1S/C14H16N2OS3/c1-9(13(17)15-11-2-3-11)19-7-12-8-20-14(16-12)10-4-5-18-6-10/h4-6,8-9,11H,2-3,7H2,1H3,(H,15,17)/t9-/m1/s1. The predicted octanol–water partition coefficient (Wildman–Crippen LogP) is 3.77. The maximum absolute atomic E-state index is 11.9. The molecule has 1 N–H and O–H groups in total. The van der Waals surface area contributed by atoms with Crippen LogP contribution in [0.1, 0.15) is 25.5 Å². The largest absolute Gasteiger partial charge is 0.352 e. The lowest BCUT2D eigenvalue weighted by atomic mass is 10.4. The van der Waals surface area contributed by atoms with Crippen molar-refractivity contribution < 1.29 is 4.79 Å². The van der Waals surface area contributed by atoms with Crippen LogP contribution in [0.15, 0.2) is 22.2 Å². The van der Waals surface area contributed by atoms with Gasteiger partial charge in [0.15, 0.2) is 0 Å². The van der Waals surface area contributed by atoms with Crippen molar-refractivity contribution in [3.63, 3.8) is 0 Å². The fraction of sp³-hybridized carbons (Fsp3) is 0.429. The summed E-state index contributed by atoms with van der Waals surface area (Å²) in [5.74, 6) is 0.950. The van der Waals surface area contributed by atoms with E-state index in [1.165, 1.54) is 5.56 Å². The van der Waals surface area contributed by atoms with Gasteiger partial charge in [-0.3, -0.25) is 4.79 Å². The molecule has 0 bridgehead atoms. The Bertz CT molecular complexity index is 575. The van der Waals surface area contributed by atoms with Gasteiger partial charge in [0.05, 0.1) is 10.9 Å². The Balaban J connectivity index is 1.51. The summed E-state index contributed by atoms with van der Waals surface area (Å²) in [4.78, 5) is 16.5. The Morgan fingerprint density at radius 1 is 1.55 bits per heavy atom. The van der Waals surface area contributed by atoms with E-state index < -0.39 is 0 Å². The molecule has 106 valence electrons. The number of amides is 1. The number of nitrogens with zero attached hydrogens (tertiary/aromatic N) is 1. The lowest BCUT2D eigenvalue weighted by Gasteiger charge is -2.10. The van der Waals surface area contributed by atoms with Crippen LogP contribution in [0.4, 0.5) is 0 Å². The first-order valence-corrected chi connectivity index (χ1v) is 9.48. The van der Waals surface area contributed by atoms with Gasteiger partial charge in [0.25, 0.3) is 0 Å². The zero-order valence-electron chi connectivity index (χ0n) is 11.2. The topological polar surface area (TPSA) is 42.0 Å². The van der Waals surface area contributed by atoms with Crippen molar-refractivity contribution in [1.29, 1.82) is 0 Å². The van der Waals surface area contributed by atoms with Crippen LogP contribution in [0, 0.1) is 0 Å². The van der Waals surface area contributed by atoms with Gasteiger partial charge in [0.1, 0.15) is 5.01 Å². The molecule has 2 aromatic rings. The second kappa shape index (κ2) is 6.28. The molecular weight excluding hydrogens is 308 g/mol. The normalized spacial score (nSPS) is 16.1. The molecule has 6 heteroatoms. The minimum absolute atomic E-state index is 0.0121. The number of carbonyl (C=O) groups excluding carboxylic acids is 1. The van der Waals surface area contributed by atoms with E-state index in [1.54, 1.807) is 34.4 Å². The molecule has 0 aliphatic heterocycles. The summed E-state index contributed by atoms with van der Waals surface area (Å²) in [6.07, 6.45) is 2.28. The summed E-state index contributed by atoms with van der Waals surface area (Å²) in [7, 11) is 0. The zero-order valence-corrected chi connectivity index (χ0v) is 13.6. The van der Waals surface area contributed by atoms with Crippen LogP contribution in [0.5, 0.6) is 0 Å². The molecule has 1 fully saturated rings. The molecule has 3 nitrogen and oxygen atoms in total. The number of aromatic nitrogens is 1. The predicted molar refractivity (Wildman–Crippen MR) is 87.3 cm³/mol. The van der Waals surface area contributed by atoms with Gasteiger partial charge in [0.2, 0.25) is 5.91 Å². The Morgan fingerprint density at radius 2 is 2.40 bits per heavy atom. The Hall–Kier alpha value is -0.850. The van der Waals surface area contributed by atoms with E-state index in [1.807, 2.05) is 6.92 Å². The van der Waals surface area contributed by atoms with Gasteiger partial charge in [-0.2, -0.15) is 11.3 Å². The number of hydrogen-bond donors (Lipinski definition) is 1. The second-order valence-electron chi connectivity index (χ2n) is 4.89. The molecule has 3 rings (SSSR count). The van der Waals surface area contributed by atoms with E-state index >= 15 is 0 Å². The fourth-order valence-electron chi connectivity index (χ4n) is 1.72. The molecule has 1 aliphatic rings. The maximum atomic E-state index is 11.9. The molecule has 2 heterocycles. The Kier molecular flexibility index (Phi) is 4.43. The molecule has 1 amide bonds. The van der Waals surface area contributed by atoms with E-state index in [0.29, 0.717) is 6.04 Å². The molecule has 0 saturated heterocycles. The van der Waals surface area contributed by atoms with Gasteiger partial charge >= 0.3 is 0 Å². The van der Waals surface area contributed by atoms with E-state index in [0.717, 1.165) is 29.3 Å². The highest BCUT2D eigenvalue weighted by Gasteiger charge is 2.25. The van der Waals surface area contributed by atoms with Crippen LogP contribution in [0.3, 0.4) is 0 Å². The first kappa shape index (κ1) is 14.1. The van der Waals surface area contributed by atoms with Crippen LogP contribution >= 0.6 is 34.4 Å². The number of rotatable bonds is 6. The van der Waals surface area contributed by atoms with Crippen molar-refractivity contribution in [2.75, 3.05) is 0 Å². The monoisotopic (exact) mass is 324 g/mol. The summed E-state index contributed by atoms with van der Waals surface area (Å²) < 4.78 is 0. The summed E-state index contributed by atoms with van der Waals surface area (Å²) in [5, 5.41) is 10.4. The van der Waals surface area contributed by atoms with Gasteiger partial charge in [-0.15, -0.1) is 23.1 Å². The van der Waals surface area contributed by atoms with Crippen LogP contribution in [0.2, 0.25) is 0 Å². The molecule has 20 heavy (non-hydrogen) atoms. The SMILES string of the molecule is C[C@@H](SCc1csc(-c2ccsc2)n1)C(=O)NC1CC1. The molecule has 0 spiro atoms. The van der Waals surface area contributed by atoms with E-state index in [-0.39, 0.29) is 11.2 Å². The molecular formula is C14H16N2OS3. The van der Waals surface area contributed by atoms with E-state index in [9.17, 15) is 4.79 Å². The molecule has 1 aliphatic carbocycles. The number of thioether (sulfide) groups is 1. The highest BCUT2D eigenvalue weighted by molar-refractivity contribution is 7.99. The second-order valence-corrected chi connectivity index (χ2v) is 7.86. The summed E-state index contributed by atoms with van der Waals surface area (Å²) in [6, 6.07) is 2.53. The molecule has 1 atom stereocenters. The minimum atomic E-state index is -0.0121. The zero-order chi connectivity index (χ0) is 13.9. The molecule has 0 unspecified atom stereocenters.